The second-order valence-corrected chi connectivity index (χ2v) is 5.10. The van der Waals surface area contributed by atoms with Crippen LogP contribution in [-0.4, -0.2) is 23.7 Å². The summed E-state index contributed by atoms with van der Waals surface area (Å²) >= 11 is 3.13. The highest BCUT2D eigenvalue weighted by molar-refractivity contribution is 9.08. The zero-order chi connectivity index (χ0) is 13.6. The third-order valence-corrected chi connectivity index (χ3v) is 3.41. The Morgan fingerprint density at radius 1 is 1.28 bits per heavy atom. The summed E-state index contributed by atoms with van der Waals surface area (Å²) in [6.45, 7) is -0.0107. The summed E-state index contributed by atoms with van der Waals surface area (Å²) in [5, 5.41) is 3.13. The van der Waals surface area contributed by atoms with Crippen LogP contribution in [0.2, 0.25) is 0 Å². The van der Waals surface area contributed by atoms with Gasteiger partial charge < -0.3 is 5.32 Å². The summed E-state index contributed by atoms with van der Waals surface area (Å²) in [7, 11) is 0. The first-order valence-corrected chi connectivity index (χ1v) is 7.17. The summed E-state index contributed by atoms with van der Waals surface area (Å²) in [6, 6.07) is 6.86. The zero-order valence-corrected chi connectivity index (χ0v) is 11.7. The number of amides is 1. The van der Waals surface area contributed by atoms with Crippen LogP contribution in [0.5, 0.6) is 0 Å². The van der Waals surface area contributed by atoms with Crippen LogP contribution in [0.15, 0.2) is 24.3 Å². The van der Waals surface area contributed by atoms with Crippen molar-refractivity contribution in [1.82, 2.24) is 5.32 Å². The van der Waals surface area contributed by atoms with Crippen LogP contribution in [0, 0.1) is 0 Å². The Labute approximate surface area is 115 Å². The quantitative estimate of drug-likeness (QED) is 0.655. The van der Waals surface area contributed by atoms with Crippen molar-refractivity contribution < 1.29 is 18.0 Å². The largest absolute Gasteiger partial charge is 0.441 e. The molecule has 1 amide bonds. The second kappa shape index (κ2) is 7.04. The summed E-state index contributed by atoms with van der Waals surface area (Å²) in [6.07, 6.45) is 0. The average Bonchev–Trinajstić information content (AvgIpc) is 2.33. The van der Waals surface area contributed by atoms with Gasteiger partial charge in [-0.2, -0.15) is 13.2 Å². The fraction of sp³-hybridized carbons (Fsp3) is 0.364. The molecule has 0 spiro atoms. The van der Waals surface area contributed by atoms with E-state index in [9.17, 15) is 18.0 Å². The summed E-state index contributed by atoms with van der Waals surface area (Å²) in [4.78, 5) is 11.6. The van der Waals surface area contributed by atoms with E-state index in [1.54, 1.807) is 24.3 Å². The van der Waals surface area contributed by atoms with Gasteiger partial charge in [0, 0.05) is 23.2 Å². The third-order valence-electron chi connectivity index (χ3n) is 2.02. The molecule has 0 bridgehead atoms. The van der Waals surface area contributed by atoms with Crippen LogP contribution in [-0.2, 0) is 5.33 Å². The van der Waals surface area contributed by atoms with Gasteiger partial charge in [-0.25, -0.2) is 0 Å². The van der Waals surface area contributed by atoms with E-state index in [0.717, 1.165) is 5.56 Å². The van der Waals surface area contributed by atoms with Crippen molar-refractivity contribution in [3.63, 3.8) is 0 Å². The van der Waals surface area contributed by atoms with Crippen LogP contribution in [0.1, 0.15) is 15.9 Å². The van der Waals surface area contributed by atoms with Gasteiger partial charge in [0.1, 0.15) is 0 Å². The van der Waals surface area contributed by atoms with Gasteiger partial charge in [-0.1, -0.05) is 28.1 Å². The molecule has 2 nitrogen and oxygen atoms in total. The number of hydrogen-bond donors (Lipinski definition) is 1. The third kappa shape index (κ3) is 5.77. The van der Waals surface area contributed by atoms with Crippen molar-refractivity contribution >= 4 is 33.6 Å². The molecule has 0 radical (unpaired) electrons. The van der Waals surface area contributed by atoms with Crippen molar-refractivity contribution in [3.05, 3.63) is 35.4 Å². The molecule has 18 heavy (non-hydrogen) atoms. The Bertz CT molecular complexity index is 394. The van der Waals surface area contributed by atoms with E-state index >= 15 is 0 Å². The first kappa shape index (κ1) is 15.4. The highest BCUT2D eigenvalue weighted by atomic mass is 79.9. The molecule has 1 N–H and O–H groups in total. The first-order chi connectivity index (χ1) is 8.42. The minimum Gasteiger partial charge on any atom is -0.351 e. The first-order valence-electron chi connectivity index (χ1n) is 5.06. The van der Waals surface area contributed by atoms with E-state index in [1.807, 2.05) is 0 Å². The Kier molecular flexibility index (Phi) is 6.01. The molecular weight excluding hydrogens is 331 g/mol. The molecule has 100 valence electrons. The van der Waals surface area contributed by atoms with Crippen molar-refractivity contribution in [2.45, 2.75) is 10.8 Å². The van der Waals surface area contributed by atoms with Crippen molar-refractivity contribution in [3.8, 4) is 0 Å². The van der Waals surface area contributed by atoms with Gasteiger partial charge in [0.15, 0.2) is 0 Å². The van der Waals surface area contributed by atoms with Crippen LogP contribution in [0.4, 0.5) is 13.2 Å². The lowest BCUT2D eigenvalue weighted by atomic mass is 10.1. The summed E-state index contributed by atoms with van der Waals surface area (Å²) in [5.41, 5.74) is -2.78. The molecule has 0 fully saturated rings. The monoisotopic (exact) mass is 341 g/mol. The highest BCUT2D eigenvalue weighted by Gasteiger charge is 2.27. The number of rotatable bonds is 5. The molecule has 0 atom stereocenters. The van der Waals surface area contributed by atoms with Gasteiger partial charge in [0.25, 0.3) is 5.91 Å². The molecule has 1 aromatic rings. The predicted octanol–water partition coefficient (Wildman–Crippen LogP) is 3.56. The van der Waals surface area contributed by atoms with E-state index in [0.29, 0.717) is 10.9 Å². The van der Waals surface area contributed by atoms with Gasteiger partial charge in [0.2, 0.25) is 0 Å². The molecule has 1 rings (SSSR count). The number of nitrogens with one attached hydrogen (secondary N) is 1. The Morgan fingerprint density at radius 3 is 2.39 bits per heavy atom. The van der Waals surface area contributed by atoms with Crippen molar-refractivity contribution in [1.29, 1.82) is 0 Å². The van der Waals surface area contributed by atoms with Gasteiger partial charge in [0.05, 0.1) is 0 Å². The molecular formula is C11H11BrF3NOS. The van der Waals surface area contributed by atoms with E-state index in [4.69, 9.17) is 0 Å². The van der Waals surface area contributed by atoms with E-state index < -0.39 is 5.51 Å². The number of benzene rings is 1. The molecule has 1 aromatic carbocycles. The van der Waals surface area contributed by atoms with E-state index in [2.05, 4.69) is 21.2 Å². The van der Waals surface area contributed by atoms with Crippen molar-refractivity contribution in [2.75, 3.05) is 12.3 Å². The maximum Gasteiger partial charge on any atom is 0.441 e. The number of halogens is 4. The second-order valence-electron chi connectivity index (χ2n) is 3.38. The SMILES string of the molecule is O=C(NCCSC(F)(F)F)c1ccc(CBr)cc1. The Balaban J connectivity index is 2.36. The summed E-state index contributed by atoms with van der Waals surface area (Å²) in [5.74, 6) is -0.548. The molecule has 0 heterocycles. The minimum absolute atomic E-state index is 0.0107. The smallest absolute Gasteiger partial charge is 0.351 e. The molecule has 0 aliphatic rings. The number of carbonyl (C=O) groups excluding carboxylic acids is 1. The number of carbonyl (C=O) groups is 1. The molecule has 0 unspecified atom stereocenters. The van der Waals surface area contributed by atoms with Crippen LogP contribution in [0.3, 0.4) is 0 Å². The topological polar surface area (TPSA) is 29.1 Å². The lowest BCUT2D eigenvalue weighted by Crippen LogP contribution is -2.26. The van der Waals surface area contributed by atoms with Gasteiger partial charge in [-0.3, -0.25) is 4.79 Å². The number of alkyl halides is 4. The standard InChI is InChI=1S/C11H11BrF3NOS/c12-7-8-1-3-9(4-2-8)10(17)16-5-6-18-11(13,14)15/h1-4H,5-7H2,(H,16,17). The molecule has 0 aliphatic carbocycles. The van der Waals surface area contributed by atoms with E-state index in [-0.39, 0.29) is 30.0 Å². The summed E-state index contributed by atoms with van der Waals surface area (Å²) < 4.78 is 35.5. The minimum atomic E-state index is -4.25. The predicted molar refractivity (Wildman–Crippen MR) is 69.9 cm³/mol. The average molecular weight is 342 g/mol. The maximum atomic E-state index is 11.8. The van der Waals surface area contributed by atoms with Crippen LogP contribution < -0.4 is 5.32 Å². The van der Waals surface area contributed by atoms with Gasteiger partial charge in [-0.15, -0.1) is 0 Å². The Hall–Kier alpha value is -0.690. The van der Waals surface area contributed by atoms with Gasteiger partial charge >= 0.3 is 5.51 Å². The highest BCUT2D eigenvalue weighted by Crippen LogP contribution is 2.29. The van der Waals surface area contributed by atoms with Crippen LogP contribution in [0.25, 0.3) is 0 Å². The lowest BCUT2D eigenvalue weighted by Gasteiger charge is -2.07. The Morgan fingerprint density at radius 2 is 1.89 bits per heavy atom. The fourth-order valence-corrected chi connectivity index (χ4v) is 1.99. The molecule has 0 saturated carbocycles. The zero-order valence-electron chi connectivity index (χ0n) is 9.26. The van der Waals surface area contributed by atoms with Crippen molar-refractivity contribution in [2.24, 2.45) is 0 Å². The molecule has 7 heteroatoms. The number of thioether (sulfide) groups is 1. The van der Waals surface area contributed by atoms with Gasteiger partial charge in [-0.05, 0) is 29.5 Å². The van der Waals surface area contributed by atoms with Crippen LogP contribution >= 0.6 is 27.7 Å². The normalized spacial score (nSPS) is 11.3. The lowest BCUT2D eigenvalue weighted by molar-refractivity contribution is -0.0327. The maximum absolute atomic E-state index is 11.8. The molecule has 0 aromatic heterocycles. The van der Waals surface area contributed by atoms with E-state index in [1.165, 1.54) is 0 Å². The molecule has 0 aliphatic heterocycles. The fourth-order valence-electron chi connectivity index (χ4n) is 1.18. The molecule has 0 saturated heterocycles. The number of hydrogen-bond acceptors (Lipinski definition) is 2.